The summed E-state index contributed by atoms with van der Waals surface area (Å²) < 4.78 is 12.4. The van der Waals surface area contributed by atoms with E-state index in [1.54, 1.807) is 53.2 Å². The third kappa shape index (κ3) is 4.24. The van der Waals surface area contributed by atoms with Gasteiger partial charge in [-0.05, 0) is 36.4 Å². The Balaban J connectivity index is 1.58. The molecule has 1 saturated heterocycles. The van der Waals surface area contributed by atoms with Gasteiger partial charge in [-0.15, -0.1) is 0 Å². The summed E-state index contributed by atoms with van der Waals surface area (Å²) in [6, 6.07) is 12.3. The molecule has 1 fully saturated rings. The van der Waals surface area contributed by atoms with Gasteiger partial charge in [0.05, 0.1) is 31.7 Å². The van der Waals surface area contributed by atoms with Gasteiger partial charge < -0.3 is 19.0 Å². The molecule has 0 atom stereocenters. The molecular weight excluding hydrogens is 408 g/mol. The summed E-state index contributed by atoms with van der Waals surface area (Å²) in [6.45, 7) is 2.08. The summed E-state index contributed by atoms with van der Waals surface area (Å²) in [7, 11) is 1.59. The van der Waals surface area contributed by atoms with E-state index in [0.29, 0.717) is 42.8 Å². The van der Waals surface area contributed by atoms with Crippen LogP contribution in [0.4, 0.5) is 0 Å². The van der Waals surface area contributed by atoms with Gasteiger partial charge in [0.15, 0.2) is 11.5 Å². The Kier molecular flexibility index (Phi) is 5.87. The van der Waals surface area contributed by atoms with Gasteiger partial charge >= 0.3 is 0 Å². The molecule has 8 nitrogen and oxygen atoms in total. The molecule has 1 aliphatic heterocycles. The SMILES string of the molecule is CN(CC(=O)N1CCOCC1)C(=O)c1cc(-c2ccco2)n(-c2ccc(Cl)cc2)n1. The second kappa shape index (κ2) is 8.73. The van der Waals surface area contributed by atoms with Gasteiger partial charge in [0, 0.05) is 31.2 Å². The molecule has 30 heavy (non-hydrogen) atoms. The minimum Gasteiger partial charge on any atom is -0.463 e. The lowest BCUT2D eigenvalue weighted by molar-refractivity contribution is -0.135. The fourth-order valence-electron chi connectivity index (χ4n) is 3.25. The van der Waals surface area contributed by atoms with E-state index in [2.05, 4.69) is 5.10 Å². The smallest absolute Gasteiger partial charge is 0.274 e. The Hall–Kier alpha value is -3.10. The number of halogens is 1. The maximum atomic E-state index is 13.0. The standard InChI is InChI=1S/C21H21ClN4O4/c1-24(14-20(27)25-8-11-29-12-9-25)21(28)17-13-18(19-3-2-10-30-19)26(23-17)16-6-4-15(22)5-7-16/h2-7,10,13H,8-9,11-12,14H2,1H3. The third-order valence-corrected chi connectivity index (χ3v) is 5.11. The number of hydrogen-bond donors (Lipinski definition) is 0. The van der Waals surface area contributed by atoms with E-state index in [1.807, 2.05) is 12.1 Å². The van der Waals surface area contributed by atoms with Crippen LogP contribution >= 0.6 is 11.6 Å². The molecule has 0 unspecified atom stereocenters. The highest BCUT2D eigenvalue weighted by Gasteiger charge is 2.24. The number of furan rings is 1. The number of rotatable bonds is 5. The molecule has 0 saturated carbocycles. The number of aromatic nitrogens is 2. The van der Waals surface area contributed by atoms with Gasteiger partial charge in [0.1, 0.15) is 5.69 Å². The van der Waals surface area contributed by atoms with Crippen LogP contribution in [0.2, 0.25) is 5.02 Å². The molecule has 1 aromatic carbocycles. The van der Waals surface area contributed by atoms with Gasteiger partial charge in [0.2, 0.25) is 5.91 Å². The molecule has 4 rings (SSSR count). The summed E-state index contributed by atoms with van der Waals surface area (Å²) in [5.74, 6) is 0.109. The van der Waals surface area contributed by atoms with E-state index in [0.717, 1.165) is 5.69 Å². The van der Waals surface area contributed by atoms with Crippen LogP contribution < -0.4 is 0 Å². The Labute approximate surface area is 178 Å². The lowest BCUT2D eigenvalue weighted by atomic mass is 10.2. The van der Waals surface area contributed by atoms with Crippen molar-refractivity contribution < 1.29 is 18.7 Å². The number of likely N-dealkylation sites (N-methyl/N-ethyl adjacent to an activating group) is 1. The van der Waals surface area contributed by atoms with Crippen molar-refractivity contribution in [3.05, 3.63) is 59.4 Å². The Bertz CT molecular complexity index is 1020. The van der Waals surface area contributed by atoms with E-state index >= 15 is 0 Å². The van der Waals surface area contributed by atoms with Crippen LogP contribution in [0.1, 0.15) is 10.5 Å². The largest absolute Gasteiger partial charge is 0.463 e. The number of nitrogens with zero attached hydrogens (tertiary/aromatic N) is 4. The van der Waals surface area contributed by atoms with E-state index in [-0.39, 0.29) is 24.1 Å². The first kappa shape index (κ1) is 20.2. The number of benzene rings is 1. The minimum absolute atomic E-state index is 0.0251. The maximum absolute atomic E-state index is 13.0. The first-order valence-corrected chi connectivity index (χ1v) is 9.91. The van der Waals surface area contributed by atoms with Gasteiger partial charge in [-0.3, -0.25) is 9.59 Å². The van der Waals surface area contributed by atoms with Crippen LogP contribution in [0.3, 0.4) is 0 Å². The molecule has 0 aliphatic carbocycles. The molecule has 3 heterocycles. The van der Waals surface area contributed by atoms with E-state index in [1.165, 1.54) is 4.90 Å². The first-order valence-electron chi connectivity index (χ1n) is 9.54. The van der Waals surface area contributed by atoms with Crippen LogP contribution in [0, 0.1) is 0 Å². The lowest BCUT2D eigenvalue weighted by Crippen LogP contribution is -2.46. The highest BCUT2D eigenvalue weighted by molar-refractivity contribution is 6.30. The summed E-state index contributed by atoms with van der Waals surface area (Å²) in [5, 5.41) is 5.08. The van der Waals surface area contributed by atoms with E-state index < -0.39 is 0 Å². The van der Waals surface area contributed by atoms with Crippen LogP contribution in [-0.2, 0) is 9.53 Å². The minimum atomic E-state index is -0.350. The fourth-order valence-corrected chi connectivity index (χ4v) is 3.37. The highest BCUT2D eigenvalue weighted by Crippen LogP contribution is 2.25. The molecule has 0 N–H and O–H groups in total. The summed E-state index contributed by atoms with van der Waals surface area (Å²) in [4.78, 5) is 28.5. The molecule has 0 bridgehead atoms. The van der Waals surface area contributed by atoms with Crippen molar-refractivity contribution in [2.45, 2.75) is 0 Å². The molecule has 0 spiro atoms. The van der Waals surface area contributed by atoms with Crippen LogP contribution in [-0.4, -0.2) is 71.3 Å². The predicted octanol–water partition coefficient (Wildman–Crippen LogP) is 2.72. The molecule has 3 aromatic rings. The first-order chi connectivity index (χ1) is 14.5. The van der Waals surface area contributed by atoms with Crippen molar-refractivity contribution in [1.82, 2.24) is 19.6 Å². The summed E-state index contributed by atoms with van der Waals surface area (Å²) >= 11 is 6.00. The zero-order valence-corrected chi connectivity index (χ0v) is 17.2. The number of hydrogen-bond acceptors (Lipinski definition) is 5. The van der Waals surface area contributed by atoms with Gasteiger partial charge in [-0.1, -0.05) is 11.6 Å². The monoisotopic (exact) mass is 428 g/mol. The summed E-state index contributed by atoms with van der Waals surface area (Å²) in [6.07, 6.45) is 1.56. The molecule has 9 heteroatoms. The van der Waals surface area contributed by atoms with Gasteiger partial charge in [-0.25, -0.2) is 4.68 Å². The van der Waals surface area contributed by atoms with Crippen molar-refractivity contribution in [3.63, 3.8) is 0 Å². The van der Waals surface area contributed by atoms with Crippen LogP contribution in [0.15, 0.2) is 53.1 Å². The fraction of sp³-hybridized carbons (Fsp3) is 0.286. The zero-order chi connectivity index (χ0) is 21.1. The van der Waals surface area contributed by atoms with Crippen LogP contribution in [0.5, 0.6) is 0 Å². The molecule has 1 aliphatic rings. The van der Waals surface area contributed by atoms with Crippen molar-refractivity contribution in [2.24, 2.45) is 0 Å². The topological polar surface area (TPSA) is 80.8 Å². The number of amides is 2. The Morgan fingerprint density at radius 1 is 1.17 bits per heavy atom. The van der Waals surface area contributed by atoms with Crippen molar-refractivity contribution >= 4 is 23.4 Å². The Morgan fingerprint density at radius 2 is 1.90 bits per heavy atom. The molecule has 2 aromatic heterocycles. The van der Waals surface area contributed by atoms with Gasteiger partial charge in [0.25, 0.3) is 5.91 Å². The number of ether oxygens (including phenoxy) is 1. The molecular formula is C21H21ClN4O4. The predicted molar refractivity (Wildman–Crippen MR) is 111 cm³/mol. The molecule has 2 amide bonds. The second-order valence-corrected chi connectivity index (χ2v) is 7.37. The lowest BCUT2D eigenvalue weighted by Gasteiger charge is -2.28. The quantitative estimate of drug-likeness (QED) is 0.624. The third-order valence-electron chi connectivity index (χ3n) is 4.86. The Morgan fingerprint density at radius 3 is 2.57 bits per heavy atom. The van der Waals surface area contributed by atoms with Crippen molar-refractivity contribution in [2.75, 3.05) is 39.9 Å². The highest BCUT2D eigenvalue weighted by atomic mass is 35.5. The normalized spacial score (nSPS) is 14.0. The number of carbonyl (C=O) groups excluding carboxylic acids is 2. The van der Waals surface area contributed by atoms with Crippen LogP contribution in [0.25, 0.3) is 17.1 Å². The maximum Gasteiger partial charge on any atom is 0.274 e. The molecule has 156 valence electrons. The second-order valence-electron chi connectivity index (χ2n) is 6.93. The van der Waals surface area contributed by atoms with E-state index in [4.69, 9.17) is 20.8 Å². The van der Waals surface area contributed by atoms with Crippen molar-refractivity contribution in [1.29, 1.82) is 0 Å². The average Bonchev–Trinajstić information content (AvgIpc) is 3.44. The van der Waals surface area contributed by atoms with E-state index in [9.17, 15) is 9.59 Å². The summed E-state index contributed by atoms with van der Waals surface area (Å²) in [5.41, 5.74) is 1.57. The van der Waals surface area contributed by atoms with Gasteiger partial charge in [-0.2, -0.15) is 5.10 Å². The number of morpholine rings is 1. The average molecular weight is 429 g/mol. The molecule has 0 radical (unpaired) electrons. The van der Waals surface area contributed by atoms with Crippen molar-refractivity contribution in [3.8, 4) is 17.1 Å². The number of carbonyl (C=O) groups is 2. The zero-order valence-electron chi connectivity index (χ0n) is 16.5.